The van der Waals surface area contributed by atoms with Crippen molar-refractivity contribution in [1.29, 1.82) is 0 Å². The van der Waals surface area contributed by atoms with Crippen LogP contribution in [-0.4, -0.2) is 41.4 Å². The smallest absolute Gasteiger partial charge is 0.222 e. The van der Waals surface area contributed by atoms with E-state index in [4.69, 9.17) is 22.0 Å². The number of aliphatic hydroxyl groups excluding tert-OH is 1. The van der Waals surface area contributed by atoms with Gasteiger partial charge < -0.3 is 20.9 Å². The molecule has 0 spiro atoms. The molecule has 3 rings (SSSR count). The van der Waals surface area contributed by atoms with E-state index in [-0.39, 0.29) is 12.6 Å². The number of ether oxygens (including phenoxy) is 1. The molecule has 0 saturated carbocycles. The van der Waals surface area contributed by atoms with Gasteiger partial charge in [0.1, 0.15) is 5.82 Å². The van der Waals surface area contributed by atoms with Gasteiger partial charge in [-0.25, -0.2) is 4.98 Å². The molecule has 6 nitrogen and oxygen atoms in total. The van der Waals surface area contributed by atoms with Crippen molar-refractivity contribution < 1.29 is 9.84 Å². The summed E-state index contributed by atoms with van der Waals surface area (Å²) >= 11 is 0. The summed E-state index contributed by atoms with van der Waals surface area (Å²) in [5.41, 5.74) is 8.84. The van der Waals surface area contributed by atoms with Crippen LogP contribution >= 0.6 is 0 Å². The predicted molar refractivity (Wildman–Crippen MR) is 86.2 cm³/mol. The molecule has 6 heteroatoms. The number of aromatic nitrogens is 2. The summed E-state index contributed by atoms with van der Waals surface area (Å²) in [7, 11) is 0. The molecule has 0 aliphatic heterocycles. The molecule has 22 heavy (non-hydrogen) atoms. The minimum absolute atomic E-state index is 0.00998. The third-order valence-electron chi connectivity index (χ3n) is 2.85. The Morgan fingerprint density at radius 1 is 1.32 bits per heavy atom. The van der Waals surface area contributed by atoms with E-state index in [1.807, 2.05) is 0 Å². The molecular weight excluding hydrogens is 280 g/mol. The lowest BCUT2D eigenvalue weighted by molar-refractivity contribution is 0.0992. The summed E-state index contributed by atoms with van der Waals surface area (Å²) in [6.45, 7) is 1.31. The van der Waals surface area contributed by atoms with Crippen molar-refractivity contribution in [3.8, 4) is 23.5 Å². The van der Waals surface area contributed by atoms with Gasteiger partial charge in [-0.3, -0.25) is 0 Å². The minimum Gasteiger partial charge on any atom is -0.394 e. The lowest BCUT2D eigenvalue weighted by Gasteiger charge is -2.07. The predicted octanol–water partition coefficient (Wildman–Crippen LogP) is 1.13. The monoisotopic (exact) mass is 298 g/mol. The third kappa shape index (κ3) is 4.74. The van der Waals surface area contributed by atoms with E-state index in [1.54, 1.807) is 0 Å². The number of hydrogen-bond acceptors (Lipinski definition) is 6. The van der Waals surface area contributed by atoms with Crippen molar-refractivity contribution in [2.75, 3.05) is 37.4 Å². The quantitative estimate of drug-likeness (QED) is 0.466. The highest BCUT2D eigenvalue weighted by Crippen LogP contribution is 2.32. The van der Waals surface area contributed by atoms with Gasteiger partial charge >= 0.3 is 0 Å². The number of fused-ring (bicyclic) bond motifs is 1. The summed E-state index contributed by atoms with van der Waals surface area (Å²) in [5, 5.41) is 11.5. The average Bonchev–Trinajstić information content (AvgIpc) is 3.13. The second kappa shape index (κ2) is 7.98. The third-order valence-corrected chi connectivity index (χ3v) is 2.85. The Morgan fingerprint density at radius 3 is 2.64 bits per heavy atom. The van der Waals surface area contributed by atoms with E-state index in [9.17, 15) is 0 Å². The van der Waals surface area contributed by atoms with E-state index in [1.165, 1.54) is 17.3 Å². The number of anilines is 2. The first kappa shape index (κ1) is 15.8. The number of terminal acetylenes is 1. The fourth-order valence-electron chi connectivity index (χ4n) is 1.72. The van der Waals surface area contributed by atoms with Crippen LogP contribution in [0, 0.1) is 12.3 Å². The Balaban J connectivity index is 0.000000238. The maximum atomic E-state index is 8.49. The highest BCUT2D eigenvalue weighted by atomic mass is 16.5. The minimum atomic E-state index is 0.00998. The number of nitrogens with one attached hydrogen (secondary N) is 1. The molecule has 1 aromatic rings. The Morgan fingerprint density at radius 2 is 2.09 bits per heavy atom. The summed E-state index contributed by atoms with van der Waals surface area (Å²) in [6.07, 6.45) is 6.76. The van der Waals surface area contributed by atoms with E-state index in [2.05, 4.69) is 45.5 Å². The highest BCUT2D eigenvalue weighted by molar-refractivity contribution is 5.80. The van der Waals surface area contributed by atoms with E-state index in [0.717, 1.165) is 0 Å². The Labute approximate surface area is 129 Å². The van der Waals surface area contributed by atoms with Crippen molar-refractivity contribution >= 4 is 11.8 Å². The van der Waals surface area contributed by atoms with Crippen LogP contribution in [-0.2, 0) is 4.74 Å². The van der Waals surface area contributed by atoms with E-state index >= 15 is 0 Å². The molecule has 0 amide bonds. The molecule has 2 aliphatic rings. The Bertz CT molecular complexity index is 650. The molecule has 2 aliphatic carbocycles. The van der Waals surface area contributed by atoms with Crippen molar-refractivity contribution in [1.82, 2.24) is 9.97 Å². The van der Waals surface area contributed by atoms with Gasteiger partial charge in [0.15, 0.2) is 0 Å². The second-order valence-corrected chi connectivity index (χ2v) is 4.48. The number of hydrogen-bond donors (Lipinski definition) is 3. The van der Waals surface area contributed by atoms with Crippen LogP contribution in [0.1, 0.15) is 5.56 Å². The standard InChI is InChI=1S/C10H14N4O2.C6H4/c1-2-8-7-13-10(11)14-9(8)12-3-5-16-6-4-15;1-2-5-4-6(5)3-1/h1,7,15H,3-6H2,(H3,11,12,13,14);1-4H. The Hall–Kier alpha value is -2.62. The molecule has 0 aromatic carbocycles. The van der Waals surface area contributed by atoms with E-state index in [0.29, 0.717) is 31.1 Å². The van der Waals surface area contributed by atoms with Crippen LogP contribution in [0.25, 0.3) is 11.1 Å². The van der Waals surface area contributed by atoms with Crippen LogP contribution in [0.4, 0.5) is 11.8 Å². The van der Waals surface area contributed by atoms with Gasteiger partial charge in [-0.05, 0) is 17.2 Å². The largest absolute Gasteiger partial charge is 0.394 e. The fourth-order valence-corrected chi connectivity index (χ4v) is 1.72. The number of nitrogen functional groups attached to an aromatic ring is 1. The zero-order valence-electron chi connectivity index (χ0n) is 12.1. The van der Waals surface area contributed by atoms with Crippen LogP contribution in [0.5, 0.6) is 0 Å². The van der Waals surface area contributed by atoms with Crippen molar-refractivity contribution in [2.24, 2.45) is 0 Å². The summed E-state index contributed by atoms with van der Waals surface area (Å²) in [4.78, 5) is 7.76. The van der Waals surface area contributed by atoms with Crippen LogP contribution in [0.3, 0.4) is 0 Å². The van der Waals surface area contributed by atoms with Gasteiger partial charge in [0.25, 0.3) is 0 Å². The number of aliphatic hydroxyl groups is 1. The summed E-state index contributed by atoms with van der Waals surface area (Å²) in [5.74, 6) is 3.13. The molecule has 1 heterocycles. The van der Waals surface area contributed by atoms with Crippen LogP contribution in [0.15, 0.2) is 30.5 Å². The molecular formula is C16H18N4O2. The Kier molecular flexibility index (Phi) is 5.72. The zero-order chi connectivity index (χ0) is 15.8. The van der Waals surface area contributed by atoms with Gasteiger partial charge in [0.2, 0.25) is 5.95 Å². The van der Waals surface area contributed by atoms with Crippen molar-refractivity contribution in [2.45, 2.75) is 0 Å². The zero-order valence-corrected chi connectivity index (χ0v) is 12.1. The maximum Gasteiger partial charge on any atom is 0.222 e. The molecule has 4 N–H and O–H groups in total. The fraction of sp³-hybridized carbons (Fsp3) is 0.250. The van der Waals surface area contributed by atoms with E-state index < -0.39 is 0 Å². The van der Waals surface area contributed by atoms with Gasteiger partial charge in [-0.15, -0.1) is 6.42 Å². The lowest BCUT2D eigenvalue weighted by atomic mass is 10.3. The van der Waals surface area contributed by atoms with Crippen molar-refractivity contribution in [3.05, 3.63) is 36.0 Å². The topological polar surface area (TPSA) is 93.3 Å². The molecule has 1 aromatic heterocycles. The normalized spacial score (nSPS) is 10.2. The van der Waals surface area contributed by atoms with Gasteiger partial charge in [-0.1, -0.05) is 24.1 Å². The molecule has 0 unspecified atom stereocenters. The number of nitrogens with zero attached hydrogens (tertiary/aromatic N) is 2. The maximum absolute atomic E-state index is 8.49. The van der Waals surface area contributed by atoms with Crippen LogP contribution in [0.2, 0.25) is 0 Å². The average molecular weight is 298 g/mol. The summed E-state index contributed by atoms with van der Waals surface area (Å²) < 4.78 is 5.07. The highest BCUT2D eigenvalue weighted by Gasteiger charge is 2.07. The van der Waals surface area contributed by atoms with Crippen molar-refractivity contribution in [3.63, 3.8) is 0 Å². The van der Waals surface area contributed by atoms with Gasteiger partial charge in [0, 0.05) is 6.54 Å². The molecule has 0 bridgehead atoms. The van der Waals surface area contributed by atoms with Gasteiger partial charge in [0.05, 0.1) is 31.6 Å². The number of rotatable bonds is 6. The number of nitrogens with two attached hydrogens (primary N) is 1. The first-order valence-electron chi connectivity index (χ1n) is 6.86. The molecule has 0 radical (unpaired) electrons. The molecule has 0 fully saturated rings. The first-order valence-corrected chi connectivity index (χ1v) is 6.86. The number of benzene rings is 1. The molecule has 0 atom stereocenters. The molecule has 114 valence electrons. The second-order valence-electron chi connectivity index (χ2n) is 4.48. The first-order chi connectivity index (χ1) is 10.7. The van der Waals surface area contributed by atoms with Crippen LogP contribution < -0.4 is 11.1 Å². The van der Waals surface area contributed by atoms with Gasteiger partial charge in [-0.2, -0.15) is 4.98 Å². The SMILES string of the molecule is C#Cc1cnc(N)nc1NCCOCCO.c1cc2cc-2c1. The summed E-state index contributed by atoms with van der Waals surface area (Å²) in [6, 6.07) is 8.48. The molecule has 0 saturated heterocycles. The lowest BCUT2D eigenvalue weighted by Crippen LogP contribution is -2.13.